The van der Waals surface area contributed by atoms with Crippen LogP contribution in [-0.2, 0) is 25.6 Å². The normalized spacial score (nSPS) is 28.4. The number of aliphatic hydroxyl groups excluding tert-OH is 1. The van der Waals surface area contributed by atoms with E-state index in [2.05, 4.69) is 0 Å². The molecule has 1 heterocycles. The zero-order chi connectivity index (χ0) is 22.8. The third-order valence-corrected chi connectivity index (χ3v) is 6.32. The third kappa shape index (κ3) is 7.66. The highest BCUT2D eigenvalue weighted by Crippen LogP contribution is 2.39. The Morgan fingerprint density at radius 2 is 2.06 bits per heavy atom. The lowest BCUT2D eigenvalue weighted by Gasteiger charge is -2.30. The molecule has 0 bridgehead atoms. The quantitative estimate of drug-likeness (QED) is 0.361. The maximum atomic E-state index is 13.9. The van der Waals surface area contributed by atoms with Crippen LogP contribution in [0.2, 0.25) is 0 Å². The average Bonchev–Trinajstić information content (AvgIpc) is 3.06. The molecule has 1 unspecified atom stereocenters. The SMILES string of the molecule is O=C(O)CCC/C=C\C[C@H]1[C@H](COCc2ccccc2F)[C@H](OC2CCCCO2)C[C@H]1O. The van der Waals surface area contributed by atoms with Gasteiger partial charge in [-0.2, -0.15) is 0 Å². The minimum absolute atomic E-state index is 0.0361. The van der Waals surface area contributed by atoms with Gasteiger partial charge in [-0.05, 0) is 50.5 Å². The molecule has 6 nitrogen and oxygen atoms in total. The van der Waals surface area contributed by atoms with Crippen molar-refractivity contribution in [3.8, 4) is 0 Å². The van der Waals surface area contributed by atoms with Gasteiger partial charge in [0.15, 0.2) is 6.29 Å². The number of halogens is 1. The number of carboxylic acids is 1. The Bertz CT molecular complexity index is 733. The summed E-state index contributed by atoms with van der Waals surface area (Å²) in [7, 11) is 0. The van der Waals surface area contributed by atoms with Gasteiger partial charge in [0.1, 0.15) is 5.82 Å². The van der Waals surface area contributed by atoms with Crippen LogP contribution in [0, 0.1) is 17.7 Å². The largest absolute Gasteiger partial charge is 0.481 e. The highest BCUT2D eigenvalue weighted by Gasteiger charge is 2.43. The van der Waals surface area contributed by atoms with Gasteiger partial charge in [0.05, 0.1) is 25.4 Å². The van der Waals surface area contributed by atoms with E-state index in [9.17, 15) is 14.3 Å². The smallest absolute Gasteiger partial charge is 0.303 e. The predicted molar refractivity (Wildman–Crippen MR) is 117 cm³/mol. The van der Waals surface area contributed by atoms with Crippen molar-refractivity contribution in [3.63, 3.8) is 0 Å². The Labute approximate surface area is 189 Å². The van der Waals surface area contributed by atoms with Crippen molar-refractivity contribution in [1.29, 1.82) is 0 Å². The molecule has 2 fully saturated rings. The Morgan fingerprint density at radius 1 is 1.22 bits per heavy atom. The van der Waals surface area contributed by atoms with E-state index in [1.165, 1.54) is 6.07 Å². The van der Waals surface area contributed by atoms with Gasteiger partial charge in [-0.3, -0.25) is 4.79 Å². The highest BCUT2D eigenvalue weighted by molar-refractivity contribution is 5.66. The van der Waals surface area contributed by atoms with Crippen molar-refractivity contribution in [3.05, 3.63) is 47.8 Å². The maximum Gasteiger partial charge on any atom is 0.303 e. The second kappa shape index (κ2) is 13.0. The number of allylic oxidation sites excluding steroid dienone is 2. The Balaban J connectivity index is 1.58. The van der Waals surface area contributed by atoms with Gasteiger partial charge in [0, 0.05) is 30.9 Å². The predicted octanol–water partition coefficient (Wildman–Crippen LogP) is 4.45. The van der Waals surface area contributed by atoms with Crippen molar-refractivity contribution in [2.24, 2.45) is 11.8 Å². The van der Waals surface area contributed by atoms with Crippen LogP contribution in [0.15, 0.2) is 36.4 Å². The molecule has 3 rings (SSSR count). The van der Waals surface area contributed by atoms with Gasteiger partial charge in [-0.15, -0.1) is 0 Å². The van der Waals surface area contributed by atoms with E-state index in [1.54, 1.807) is 18.2 Å². The Morgan fingerprint density at radius 3 is 2.81 bits per heavy atom. The van der Waals surface area contributed by atoms with Crippen LogP contribution >= 0.6 is 0 Å². The number of hydrogen-bond acceptors (Lipinski definition) is 5. The molecular formula is C25H35FO6. The molecule has 1 aromatic rings. The number of benzene rings is 1. The first-order chi connectivity index (χ1) is 15.5. The zero-order valence-corrected chi connectivity index (χ0v) is 18.5. The van der Waals surface area contributed by atoms with E-state index in [0.717, 1.165) is 19.3 Å². The van der Waals surface area contributed by atoms with Gasteiger partial charge in [-0.25, -0.2) is 4.39 Å². The first kappa shape index (κ1) is 24.8. The van der Waals surface area contributed by atoms with E-state index in [-0.39, 0.29) is 43.1 Å². The van der Waals surface area contributed by atoms with Crippen molar-refractivity contribution >= 4 is 5.97 Å². The van der Waals surface area contributed by atoms with Crippen LogP contribution in [0.3, 0.4) is 0 Å². The van der Waals surface area contributed by atoms with E-state index >= 15 is 0 Å². The number of ether oxygens (including phenoxy) is 3. The van der Waals surface area contributed by atoms with Crippen LogP contribution in [0.1, 0.15) is 56.9 Å². The molecule has 1 aliphatic heterocycles. The van der Waals surface area contributed by atoms with Gasteiger partial charge in [0.25, 0.3) is 0 Å². The monoisotopic (exact) mass is 450 g/mol. The van der Waals surface area contributed by atoms with Crippen molar-refractivity contribution < 1.29 is 33.6 Å². The van der Waals surface area contributed by atoms with Gasteiger partial charge < -0.3 is 24.4 Å². The second-order valence-corrected chi connectivity index (χ2v) is 8.70. The van der Waals surface area contributed by atoms with Gasteiger partial charge in [-0.1, -0.05) is 30.4 Å². The number of aliphatic carboxylic acids is 1. The van der Waals surface area contributed by atoms with Crippen molar-refractivity contribution in [2.75, 3.05) is 13.2 Å². The number of aliphatic hydroxyl groups is 1. The van der Waals surface area contributed by atoms with Crippen LogP contribution in [0.25, 0.3) is 0 Å². The summed E-state index contributed by atoms with van der Waals surface area (Å²) in [5.74, 6) is -1.16. The molecule has 1 aliphatic carbocycles. The summed E-state index contributed by atoms with van der Waals surface area (Å²) < 4.78 is 31.8. The molecule has 0 spiro atoms. The molecular weight excluding hydrogens is 415 g/mol. The maximum absolute atomic E-state index is 13.9. The number of unbranched alkanes of at least 4 members (excludes halogenated alkanes) is 1. The Kier molecular flexibility index (Phi) is 10.1. The molecule has 32 heavy (non-hydrogen) atoms. The molecule has 0 amide bonds. The lowest BCUT2D eigenvalue weighted by Crippen LogP contribution is -2.33. The van der Waals surface area contributed by atoms with Gasteiger partial charge in [0.2, 0.25) is 0 Å². The molecule has 2 N–H and O–H groups in total. The summed E-state index contributed by atoms with van der Waals surface area (Å²) >= 11 is 0. The second-order valence-electron chi connectivity index (χ2n) is 8.70. The topological polar surface area (TPSA) is 85.2 Å². The lowest BCUT2D eigenvalue weighted by molar-refractivity contribution is -0.199. The van der Waals surface area contributed by atoms with Crippen LogP contribution in [-0.4, -0.2) is 47.9 Å². The summed E-state index contributed by atoms with van der Waals surface area (Å²) in [6.07, 6.45) is 8.62. The fourth-order valence-corrected chi connectivity index (χ4v) is 4.54. The van der Waals surface area contributed by atoms with Crippen molar-refractivity contribution in [2.45, 2.75) is 76.5 Å². The molecule has 178 valence electrons. The zero-order valence-electron chi connectivity index (χ0n) is 18.5. The summed E-state index contributed by atoms with van der Waals surface area (Å²) in [6.45, 7) is 1.22. The number of hydrogen-bond donors (Lipinski definition) is 2. The van der Waals surface area contributed by atoms with E-state index in [0.29, 0.717) is 44.5 Å². The number of carboxylic acid groups (broad SMARTS) is 1. The molecule has 1 saturated carbocycles. The van der Waals surface area contributed by atoms with E-state index in [4.69, 9.17) is 19.3 Å². The highest BCUT2D eigenvalue weighted by atomic mass is 19.1. The summed E-state index contributed by atoms with van der Waals surface area (Å²) in [5, 5.41) is 19.5. The molecule has 2 aliphatic rings. The molecule has 0 aromatic heterocycles. The molecule has 0 radical (unpaired) electrons. The van der Waals surface area contributed by atoms with Crippen LogP contribution < -0.4 is 0 Å². The summed E-state index contributed by atoms with van der Waals surface area (Å²) in [5.41, 5.74) is 0.508. The first-order valence-corrected chi connectivity index (χ1v) is 11.7. The van der Waals surface area contributed by atoms with Gasteiger partial charge >= 0.3 is 5.97 Å². The Hall–Kier alpha value is -1.80. The minimum Gasteiger partial charge on any atom is -0.481 e. The average molecular weight is 451 g/mol. The standard InChI is InChI=1S/C25H35FO6/c26-21-11-6-5-9-18(21)16-30-17-20-19(10-3-1-2-4-12-24(28)29)22(27)15-23(20)32-25-13-7-8-14-31-25/h1,3,5-6,9,11,19-20,22-23,25,27H,2,4,7-8,10,12-17H2,(H,28,29)/b3-1-/t19-,20-,22+,23+,25?/m0/s1. The fourth-order valence-electron chi connectivity index (χ4n) is 4.54. The number of carbonyl (C=O) groups is 1. The molecule has 1 saturated heterocycles. The first-order valence-electron chi connectivity index (χ1n) is 11.7. The van der Waals surface area contributed by atoms with Crippen molar-refractivity contribution in [1.82, 2.24) is 0 Å². The van der Waals surface area contributed by atoms with Crippen LogP contribution in [0.5, 0.6) is 0 Å². The fraction of sp³-hybridized carbons (Fsp3) is 0.640. The van der Waals surface area contributed by atoms with Crippen LogP contribution in [0.4, 0.5) is 4.39 Å². The molecule has 5 atom stereocenters. The number of rotatable bonds is 12. The molecule has 1 aromatic carbocycles. The van der Waals surface area contributed by atoms with E-state index in [1.807, 2.05) is 12.2 Å². The minimum atomic E-state index is -0.790. The van der Waals surface area contributed by atoms with E-state index < -0.39 is 12.1 Å². The summed E-state index contributed by atoms with van der Waals surface area (Å²) in [6, 6.07) is 6.56. The summed E-state index contributed by atoms with van der Waals surface area (Å²) in [4.78, 5) is 10.6. The molecule has 7 heteroatoms. The lowest BCUT2D eigenvalue weighted by atomic mass is 9.91. The third-order valence-electron chi connectivity index (χ3n) is 6.32.